The molecule has 2 unspecified atom stereocenters. The van der Waals surface area contributed by atoms with Crippen molar-refractivity contribution in [2.24, 2.45) is 17.7 Å². The van der Waals surface area contributed by atoms with Crippen LogP contribution >= 0.6 is 0 Å². The van der Waals surface area contributed by atoms with Crippen LogP contribution in [-0.4, -0.2) is 6.04 Å². The number of rotatable bonds is 4. The number of nitrogens with one attached hydrogen (secondary N) is 1. The lowest BCUT2D eigenvalue weighted by molar-refractivity contribution is 0.283. The van der Waals surface area contributed by atoms with Gasteiger partial charge in [-0.2, -0.15) is 0 Å². The van der Waals surface area contributed by atoms with Gasteiger partial charge in [-0.25, -0.2) is 0 Å². The summed E-state index contributed by atoms with van der Waals surface area (Å²) in [5.41, 5.74) is 6.09. The molecule has 1 aromatic carbocycles. The van der Waals surface area contributed by atoms with E-state index < -0.39 is 0 Å². The van der Waals surface area contributed by atoms with Crippen LogP contribution in [-0.2, 0) is 12.8 Å². The second-order valence-corrected chi connectivity index (χ2v) is 5.67. The summed E-state index contributed by atoms with van der Waals surface area (Å²) in [4.78, 5) is 0. The molecule has 1 aliphatic rings. The Kier molecular flexibility index (Phi) is 4.19. The predicted octanol–water partition coefficient (Wildman–Crippen LogP) is 2.67. The molecular weight excluding hydrogens is 208 g/mol. The third-order valence-electron chi connectivity index (χ3n) is 3.89. The maximum absolute atomic E-state index is 5.72. The third-order valence-corrected chi connectivity index (χ3v) is 3.89. The number of hydrogen-bond acceptors (Lipinski definition) is 2. The Labute approximate surface area is 105 Å². The van der Waals surface area contributed by atoms with Crippen molar-refractivity contribution in [3.05, 3.63) is 35.4 Å². The zero-order chi connectivity index (χ0) is 12.3. The maximum Gasteiger partial charge on any atom is 0.0244 e. The first-order chi connectivity index (χ1) is 8.20. The van der Waals surface area contributed by atoms with Crippen molar-refractivity contribution < 1.29 is 0 Å². The molecule has 17 heavy (non-hydrogen) atoms. The number of aryl methyl sites for hydroxylation is 1. The average molecular weight is 232 g/mol. The van der Waals surface area contributed by atoms with Gasteiger partial charge in [-0.15, -0.1) is 0 Å². The molecule has 94 valence electrons. The molecule has 0 bridgehead atoms. The molecule has 3 N–H and O–H groups in total. The number of fused-ring (bicyclic) bond motifs is 1. The van der Waals surface area contributed by atoms with Gasteiger partial charge in [-0.05, 0) is 48.6 Å². The highest BCUT2D eigenvalue weighted by Crippen LogP contribution is 2.29. The Morgan fingerprint density at radius 3 is 2.65 bits per heavy atom. The predicted molar refractivity (Wildman–Crippen MR) is 72.5 cm³/mol. The highest BCUT2D eigenvalue weighted by atomic mass is 15.2. The van der Waals surface area contributed by atoms with E-state index in [1.807, 2.05) is 0 Å². The normalized spacial score (nSPS) is 21.3. The Balaban J connectivity index is 2.05. The first-order valence-corrected chi connectivity index (χ1v) is 6.73. The quantitative estimate of drug-likeness (QED) is 0.619. The minimum atomic E-state index is 0.461. The summed E-state index contributed by atoms with van der Waals surface area (Å²) in [7, 11) is 0. The van der Waals surface area contributed by atoms with E-state index in [1.165, 1.54) is 36.8 Å². The first kappa shape index (κ1) is 12.6. The molecule has 0 radical (unpaired) electrons. The molecule has 0 fully saturated rings. The molecule has 2 atom stereocenters. The lowest BCUT2D eigenvalue weighted by atomic mass is 9.78. The van der Waals surface area contributed by atoms with Gasteiger partial charge in [0, 0.05) is 6.04 Å². The van der Waals surface area contributed by atoms with E-state index >= 15 is 0 Å². The number of benzene rings is 1. The monoisotopic (exact) mass is 232 g/mol. The topological polar surface area (TPSA) is 38.0 Å². The first-order valence-electron chi connectivity index (χ1n) is 6.73. The molecule has 0 amide bonds. The van der Waals surface area contributed by atoms with Gasteiger partial charge in [0.15, 0.2) is 0 Å². The summed E-state index contributed by atoms with van der Waals surface area (Å²) in [6.07, 6.45) is 4.82. The summed E-state index contributed by atoms with van der Waals surface area (Å²) in [6.45, 7) is 4.53. The summed E-state index contributed by atoms with van der Waals surface area (Å²) in [5.74, 6) is 7.12. The molecule has 2 nitrogen and oxygen atoms in total. The zero-order valence-corrected chi connectivity index (χ0v) is 10.9. The van der Waals surface area contributed by atoms with Gasteiger partial charge in [0.2, 0.25) is 0 Å². The van der Waals surface area contributed by atoms with Gasteiger partial charge in [-0.3, -0.25) is 11.3 Å². The standard InChI is InChI=1S/C15H24N2/c1-11(2)9-15(17-16)14-8-7-12-5-3-4-6-13(12)10-14/h3-6,11,14-15,17H,7-10,16H2,1-2H3. The van der Waals surface area contributed by atoms with E-state index in [9.17, 15) is 0 Å². The molecule has 0 spiro atoms. The number of nitrogens with two attached hydrogens (primary N) is 1. The maximum atomic E-state index is 5.72. The molecule has 1 aliphatic carbocycles. The fraction of sp³-hybridized carbons (Fsp3) is 0.600. The van der Waals surface area contributed by atoms with Gasteiger partial charge in [0.05, 0.1) is 0 Å². The van der Waals surface area contributed by atoms with Crippen molar-refractivity contribution in [1.29, 1.82) is 0 Å². The smallest absolute Gasteiger partial charge is 0.0244 e. The van der Waals surface area contributed by atoms with Gasteiger partial charge in [0.1, 0.15) is 0 Å². The van der Waals surface area contributed by atoms with Gasteiger partial charge < -0.3 is 0 Å². The highest BCUT2D eigenvalue weighted by molar-refractivity contribution is 5.29. The molecule has 0 aliphatic heterocycles. The van der Waals surface area contributed by atoms with E-state index in [1.54, 1.807) is 0 Å². The van der Waals surface area contributed by atoms with Crippen LogP contribution in [0.1, 0.15) is 37.8 Å². The molecule has 0 saturated carbocycles. The van der Waals surface area contributed by atoms with Crippen molar-refractivity contribution in [1.82, 2.24) is 5.43 Å². The van der Waals surface area contributed by atoms with Crippen LogP contribution in [0.4, 0.5) is 0 Å². The van der Waals surface area contributed by atoms with E-state index in [2.05, 4.69) is 43.5 Å². The summed E-state index contributed by atoms with van der Waals surface area (Å²) >= 11 is 0. The SMILES string of the molecule is CC(C)CC(NN)C1CCc2ccccc2C1. The number of hydrogen-bond donors (Lipinski definition) is 2. The van der Waals surface area contributed by atoms with Crippen molar-refractivity contribution >= 4 is 0 Å². The van der Waals surface area contributed by atoms with Crippen LogP contribution in [0.3, 0.4) is 0 Å². The molecule has 2 rings (SSSR count). The van der Waals surface area contributed by atoms with Crippen LogP contribution < -0.4 is 11.3 Å². The molecule has 0 heterocycles. The molecule has 2 heteroatoms. The van der Waals surface area contributed by atoms with Crippen LogP contribution in [0.5, 0.6) is 0 Å². The second-order valence-electron chi connectivity index (χ2n) is 5.67. The minimum Gasteiger partial charge on any atom is -0.271 e. The van der Waals surface area contributed by atoms with Gasteiger partial charge >= 0.3 is 0 Å². The minimum absolute atomic E-state index is 0.461. The molecule has 0 aromatic heterocycles. The Morgan fingerprint density at radius 1 is 1.29 bits per heavy atom. The van der Waals surface area contributed by atoms with Gasteiger partial charge in [0.25, 0.3) is 0 Å². The van der Waals surface area contributed by atoms with Crippen LogP contribution in [0.2, 0.25) is 0 Å². The Morgan fingerprint density at radius 2 is 2.00 bits per heavy atom. The van der Waals surface area contributed by atoms with Gasteiger partial charge in [-0.1, -0.05) is 38.1 Å². The van der Waals surface area contributed by atoms with Crippen LogP contribution in [0.25, 0.3) is 0 Å². The van der Waals surface area contributed by atoms with E-state index in [4.69, 9.17) is 5.84 Å². The number of hydrazine groups is 1. The van der Waals surface area contributed by atoms with Crippen molar-refractivity contribution in [2.45, 2.75) is 45.6 Å². The molecular formula is C15H24N2. The van der Waals surface area contributed by atoms with E-state index in [0.717, 1.165) is 0 Å². The van der Waals surface area contributed by atoms with E-state index in [0.29, 0.717) is 17.9 Å². The second kappa shape index (κ2) is 5.65. The lowest BCUT2D eigenvalue weighted by Crippen LogP contribution is -2.43. The Hall–Kier alpha value is -0.860. The lowest BCUT2D eigenvalue weighted by Gasteiger charge is -2.32. The fourth-order valence-electron chi connectivity index (χ4n) is 2.97. The van der Waals surface area contributed by atoms with E-state index in [-0.39, 0.29) is 0 Å². The summed E-state index contributed by atoms with van der Waals surface area (Å²) in [5, 5.41) is 0. The van der Waals surface area contributed by atoms with Crippen LogP contribution in [0, 0.1) is 11.8 Å². The van der Waals surface area contributed by atoms with Crippen molar-refractivity contribution in [3.8, 4) is 0 Å². The van der Waals surface area contributed by atoms with Crippen LogP contribution in [0.15, 0.2) is 24.3 Å². The molecule has 1 aromatic rings. The largest absolute Gasteiger partial charge is 0.271 e. The van der Waals surface area contributed by atoms with Crippen molar-refractivity contribution in [2.75, 3.05) is 0 Å². The summed E-state index contributed by atoms with van der Waals surface area (Å²) < 4.78 is 0. The summed E-state index contributed by atoms with van der Waals surface area (Å²) in [6, 6.07) is 9.28. The van der Waals surface area contributed by atoms with Crippen molar-refractivity contribution in [3.63, 3.8) is 0 Å². The Bertz CT molecular complexity index is 360. The molecule has 0 saturated heterocycles. The average Bonchev–Trinajstić information content (AvgIpc) is 2.35. The fourth-order valence-corrected chi connectivity index (χ4v) is 2.97. The third kappa shape index (κ3) is 3.08. The highest BCUT2D eigenvalue weighted by Gasteiger charge is 2.25. The zero-order valence-electron chi connectivity index (χ0n) is 10.9.